The van der Waals surface area contributed by atoms with Crippen molar-refractivity contribution in [2.45, 2.75) is 70.7 Å². The number of aromatic hydroxyl groups is 1. The number of benzene rings is 2. The predicted molar refractivity (Wildman–Crippen MR) is 119 cm³/mol. The number of hydrogen-bond donors (Lipinski definition) is 2. The molecular formula is C25H31N3O3. The van der Waals surface area contributed by atoms with E-state index in [1.54, 1.807) is 12.1 Å². The van der Waals surface area contributed by atoms with Crippen molar-refractivity contribution in [3.8, 4) is 17.1 Å². The molecule has 4 rings (SSSR count). The van der Waals surface area contributed by atoms with Crippen molar-refractivity contribution >= 4 is 0 Å². The Kier molecular flexibility index (Phi) is 6.68. The lowest BCUT2D eigenvalue weighted by Gasteiger charge is -2.35. The Morgan fingerprint density at radius 2 is 1.77 bits per heavy atom. The summed E-state index contributed by atoms with van der Waals surface area (Å²) in [6, 6.07) is 16.0. The third-order valence-electron chi connectivity index (χ3n) is 6.12. The van der Waals surface area contributed by atoms with E-state index in [2.05, 4.69) is 41.0 Å². The molecule has 1 aromatic heterocycles. The summed E-state index contributed by atoms with van der Waals surface area (Å²) in [5.74, 6) is 1.92. The second-order valence-electron chi connectivity index (χ2n) is 8.83. The van der Waals surface area contributed by atoms with Crippen LogP contribution in [-0.4, -0.2) is 37.4 Å². The molecule has 0 spiro atoms. The largest absolute Gasteiger partial charge is 0.508 e. The van der Waals surface area contributed by atoms with Gasteiger partial charge in [0.2, 0.25) is 11.7 Å². The van der Waals surface area contributed by atoms with Gasteiger partial charge in [0, 0.05) is 18.2 Å². The first kappa shape index (κ1) is 21.5. The van der Waals surface area contributed by atoms with E-state index in [4.69, 9.17) is 4.52 Å². The highest BCUT2D eigenvalue weighted by Crippen LogP contribution is 2.27. The number of aliphatic hydroxyl groups is 1. The van der Waals surface area contributed by atoms with Crippen LogP contribution >= 0.6 is 0 Å². The van der Waals surface area contributed by atoms with Crippen molar-refractivity contribution < 1.29 is 14.7 Å². The van der Waals surface area contributed by atoms with Crippen LogP contribution in [-0.2, 0) is 13.1 Å². The third kappa shape index (κ3) is 5.51. The molecule has 31 heavy (non-hydrogen) atoms. The Labute approximate surface area is 183 Å². The summed E-state index contributed by atoms with van der Waals surface area (Å²) >= 11 is 0. The smallest absolute Gasteiger partial charge is 0.241 e. The molecule has 6 heteroatoms. The zero-order chi connectivity index (χ0) is 21.8. The van der Waals surface area contributed by atoms with Crippen molar-refractivity contribution in [1.82, 2.24) is 15.0 Å². The molecule has 1 fully saturated rings. The van der Waals surface area contributed by atoms with E-state index < -0.39 is 0 Å². The monoisotopic (exact) mass is 421 g/mol. The number of aromatic nitrogens is 2. The van der Waals surface area contributed by atoms with Gasteiger partial charge in [-0.1, -0.05) is 55.4 Å². The Hall–Kier alpha value is -2.70. The van der Waals surface area contributed by atoms with Gasteiger partial charge in [0.05, 0.1) is 12.6 Å². The first-order valence-electron chi connectivity index (χ1n) is 11.1. The quantitative estimate of drug-likeness (QED) is 0.566. The van der Waals surface area contributed by atoms with Crippen LogP contribution in [0.15, 0.2) is 53.1 Å². The Morgan fingerprint density at radius 3 is 2.45 bits per heavy atom. The predicted octanol–water partition coefficient (Wildman–Crippen LogP) is 4.87. The molecule has 1 aliphatic carbocycles. The third-order valence-corrected chi connectivity index (χ3v) is 6.12. The zero-order valence-electron chi connectivity index (χ0n) is 18.2. The molecule has 0 aliphatic heterocycles. The van der Waals surface area contributed by atoms with Gasteiger partial charge in [-0.2, -0.15) is 4.98 Å². The van der Waals surface area contributed by atoms with E-state index in [0.717, 1.165) is 36.8 Å². The molecule has 0 bridgehead atoms. The van der Waals surface area contributed by atoms with E-state index in [9.17, 15) is 10.2 Å². The van der Waals surface area contributed by atoms with E-state index in [1.165, 1.54) is 5.56 Å². The number of nitrogens with zero attached hydrogens (tertiary/aromatic N) is 3. The SMILES string of the molecule is CC(C)c1ccc(-c2noc(CN(Cc3cccc(O)c3)C3CCC(O)CC3)n2)cc1. The molecule has 0 radical (unpaired) electrons. The van der Waals surface area contributed by atoms with Gasteiger partial charge in [0.1, 0.15) is 5.75 Å². The Bertz CT molecular complexity index is 976. The van der Waals surface area contributed by atoms with E-state index in [-0.39, 0.29) is 11.9 Å². The van der Waals surface area contributed by atoms with Crippen LogP contribution in [0.25, 0.3) is 11.4 Å². The van der Waals surface area contributed by atoms with Gasteiger partial charge in [0.25, 0.3) is 0 Å². The van der Waals surface area contributed by atoms with Gasteiger partial charge in [-0.05, 0) is 54.9 Å². The maximum Gasteiger partial charge on any atom is 0.241 e. The maximum atomic E-state index is 9.92. The van der Waals surface area contributed by atoms with Crippen LogP contribution in [0.5, 0.6) is 5.75 Å². The van der Waals surface area contributed by atoms with Gasteiger partial charge in [-0.15, -0.1) is 0 Å². The molecule has 0 amide bonds. The van der Waals surface area contributed by atoms with Gasteiger partial charge >= 0.3 is 0 Å². The molecule has 1 heterocycles. The molecule has 3 aromatic rings. The van der Waals surface area contributed by atoms with Crippen molar-refractivity contribution in [3.05, 3.63) is 65.5 Å². The normalized spacial score (nSPS) is 19.3. The fraction of sp³-hybridized carbons (Fsp3) is 0.440. The standard InChI is InChI=1S/C25H31N3O3/c1-17(2)19-6-8-20(9-7-19)25-26-24(31-27-25)16-28(21-10-12-22(29)13-11-21)15-18-4-3-5-23(30)14-18/h3-9,14,17,21-22,29-30H,10-13,15-16H2,1-2H3. The van der Waals surface area contributed by atoms with E-state index in [0.29, 0.717) is 36.8 Å². The second-order valence-corrected chi connectivity index (χ2v) is 8.83. The lowest BCUT2D eigenvalue weighted by atomic mass is 9.91. The number of rotatable bonds is 7. The Balaban J connectivity index is 1.51. The maximum absolute atomic E-state index is 9.92. The van der Waals surface area contributed by atoms with Crippen molar-refractivity contribution in [1.29, 1.82) is 0 Å². The summed E-state index contributed by atoms with van der Waals surface area (Å²) in [6.07, 6.45) is 3.26. The van der Waals surface area contributed by atoms with Gasteiger partial charge in [0.15, 0.2) is 0 Å². The molecule has 0 unspecified atom stereocenters. The van der Waals surface area contributed by atoms with Crippen LogP contribution in [0.3, 0.4) is 0 Å². The first-order chi connectivity index (χ1) is 15.0. The Morgan fingerprint density at radius 1 is 1.03 bits per heavy atom. The highest BCUT2D eigenvalue weighted by atomic mass is 16.5. The molecule has 1 aliphatic rings. The van der Waals surface area contributed by atoms with E-state index >= 15 is 0 Å². The number of hydrogen-bond acceptors (Lipinski definition) is 6. The molecule has 2 aromatic carbocycles. The minimum Gasteiger partial charge on any atom is -0.508 e. The molecule has 1 saturated carbocycles. The molecule has 0 saturated heterocycles. The minimum atomic E-state index is -0.206. The van der Waals surface area contributed by atoms with Crippen LogP contribution in [0.2, 0.25) is 0 Å². The van der Waals surface area contributed by atoms with Gasteiger partial charge < -0.3 is 14.7 Å². The van der Waals surface area contributed by atoms with Crippen LogP contribution in [0.1, 0.15) is 62.5 Å². The average Bonchev–Trinajstić information content (AvgIpc) is 3.22. The topological polar surface area (TPSA) is 82.6 Å². The van der Waals surface area contributed by atoms with Crippen LogP contribution in [0, 0.1) is 0 Å². The lowest BCUT2D eigenvalue weighted by Crippen LogP contribution is -2.38. The fourth-order valence-corrected chi connectivity index (χ4v) is 4.25. The summed E-state index contributed by atoms with van der Waals surface area (Å²) in [6.45, 7) is 5.56. The van der Waals surface area contributed by atoms with Crippen LogP contribution in [0.4, 0.5) is 0 Å². The summed E-state index contributed by atoms with van der Waals surface area (Å²) in [5, 5.41) is 24.0. The first-order valence-corrected chi connectivity index (χ1v) is 11.1. The molecule has 164 valence electrons. The van der Waals surface area contributed by atoms with Gasteiger partial charge in [-0.25, -0.2) is 0 Å². The number of phenols is 1. The number of aliphatic hydroxyl groups excluding tert-OH is 1. The average molecular weight is 422 g/mol. The summed E-state index contributed by atoms with van der Waals surface area (Å²) in [5.41, 5.74) is 3.26. The minimum absolute atomic E-state index is 0.206. The van der Waals surface area contributed by atoms with E-state index in [1.807, 2.05) is 24.3 Å². The van der Waals surface area contributed by atoms with Crippen molar-refractivity contribution in [3.63, 3.8) is 0 Å². The highest BCUT2D eigenvalue weighted by Gasteiger charge is 2.26. The summed E-state index contributed by atoms with van der Waals surface area (Å²) in [7, 11) is 0. The molecule has 0 atom stereocenters. The second kappa shape index (κ2) is 9.62. The van der Waals surface area contributed by atoms with Crippen LogP contribution < -0.4 is 0 Å². The lowest BCUT2D eigenvalue weighted by molar-refractivity contribution is 0.0613. The molecule has 2 N–H and O–H groups in total. The molecular weight excluding hydrogens is 390 g/mol. The summed E-state index contributed by atoms with van der Waals surface area (Å²) < 4.78 is 5.60. The molecule has 6 nitrogen and oxygen atoms in total. The zero-order valence-corrected chi connectivity index (χ0v) is 18.2. The number of phenolic OH excluding ortho intramolecular Hbond substituents is 1. The fourth-order valence-electron chi connectivity index (χ4n) is 4.25. The summed E-state index contributed by atoms with van der Waals surface area (Å²) in [4.78, 5) is 6.96. The van der Waals surface area contributed by atoms with Crippen molar-refractivity contribution in [2.75, 3.05) is 0 Å². The van der Waals surface area contributed by atoms with Crippen molar-refractivity contribution in [2.24, 2.45) is 0 Å². The highest BCUT2D eigenvalue weighted by molar-refractivity contribution is 5.54. The van der Waals surface area contributed by atoms with Gasteiger partial charge in [-0.3, -0.25) is 4.90 Å².